The van der Waals surface area contributed by atoms with E-state index < -0.39 is 0 Å². The first-order valence-electron chi connectivity index (χ1n) is 7.08. The summed E-state index contributed by atoms with van der Waals surface area (Å²) in [5.74, 6) is -0.462. The second-order valence-electron chi connectivity index (χ2n) is 4.99. The molecule has 0 aliphatic carbocycles. The molecule has 2 aromatic carbocycles. The third-order valence-corrected chi connectivity index (χ3v) is 3.50. The first kappa shape index (κ1) is 16.8. The van der Waals surface area contributed by atoms with Gasteiger partial charge >= 0.3 is 0 Å². The van der Waals surface area contributed by atoms with Crippen LogP contribution in [0.3, 0.4) is 0 Å². The van der Waals surface area contributed by atoms with Crippen molar-refractivity contribution in [1.82, 2.24) is 5.32 Å². The van der Waals surface area contributed by atoms with Crippen molar-refractivity contribution in [3.8, 4) is 0 Å². The van der Waals surface area contributed by atoms with E-state index in [9.17, 15) is 9.59 Å². The third-order valence-electron chi connectivity index (χ3n) is 3.26. The van der Waals surface area contributed by atoms with Crippen molar-refractivity contribution in [2.45, 2.75) is 6.92 Å². The Morgan fingerprint density at radius 2 is 1.70 bits per heavy atom. The molecule has 0 aromatic heterocycles. The van der Waals surface area contributed by atoms with Gasteiger partial charge in [0.05, 0.1) is 0 Å². The van der Waals surface area contributed by atoms with Gasteiger partial charge in [-0.15, -0.1) is 6.58 Å². The molecule has 0 spiro atoms. The van der Waals surface area contributed by atoms with E-state index in [4.69, 9.17) is 11.6 Å². The molecular weight excluding hydrogens is 312 g/mol. The summed E-state index contributed by atoms with van der Waals surface area (Å²) in [7, 11) is 0. The highest BCUT2D eigenvalue weighted by Crippen LogP contribution is 2.21. The smallest absolute Gasteiger partial charge is 0.255 e. The van der Waals surface area contributed by atoms with Crippen molar-refractivity contribution < 1.29 is 9.59 Å². The molecular formula is C18H17ClN2O2. The van der Waals surface area contributed by atoms with Gasteiger partial charge in [-0.1, -0.05) is 23.7 Å². The normalized spacial score (nSPS) is 10.0. The minimum atomic E-state index is -0.256. The third kappa shape index (κ3) is 4.44. The van der Waals surface area contributed by atoms with Crippen molar-refractivity contribution in [1.29, 1.82) is 0 Å². The maximum Gasteiger partial charge on any atom is 0.255 e. The minimum Gasteiger partial charge on any atom is -0.349 e. The number of anilines is 1. The summed E-state index contributed by atoms with van der Waals surface area (Å²) in [6.45, 7) is 5.83. The fraction of sp³-hybridized carbons (Fsp3) is 0.111. The zero-order valence-electron chi connectivity index (χ0n) is 12.7. The zero-order chi connectivity index (χ0) is 16.8. The Balaban J connectivity index is 2.09. The number of hydrogen-bond donors (Lipinski definition) is 2. The van der Waals surface area contributed by atoms with E-state index in [1.54, 1.807) is 42.5 Å². The highest BCUT2D eigenvalue weighted by atomic mass is 35.5. The predicted octanol–water partition coefficient (Wildman–Crippen LogP) is 3.82. The lowest BCUT2D eigenvalue weighted by atomic mass is 10.1. The summed E-state index contributed by atoms with van der Waals surface area (Å²) in [5, 5.41) is 6.05. The summed E-state index contributed by atoms with van der Waals surface area (Å²) in [6, 6.07) is 11.7. The number of aryl methyl sites for hydroxylation is 1. The van der Waals surface area contributed by atoms with E-state index in [2.05, 4.69) is 17.2 Å². The van der Waals surface area contributed by atoms with E-state index in [1.165, 1.54) is 0 Å². The molecule has 0 heterocycles. The first-order chi connectivity index (χ1) is 11.0. The molecule has 4 nitrogen and oxygen atoms in total. The largest absolute Gasteiger partial charge is 0.349 e. The second kappa shape index (κ2) is 7.61. The Bertz CT molecular complexity index is 739. The van der Waals surface area contributed by atoms with Gasteiger partial charge in [0.1, 0.15) is 0 Å². The number of halogens is 1. The molecule has 2 rings (SSSR count). The molecule has 2 amide bonds. The number of nitrogens with one attached hydrogen (secondary N) is 2. The fourth-order valence-corrected chi connectivity index (χ4v) is 2.14. The van der Waals surface area contributed by atoms with Crippen LogP contribution in [0.4, 0.5) is 5.69 Å². The quantitative estimate of drug-likeness (QED) is 0.820. The lowest BCUT2D eigenvalue weighted by Crippen LogP contribution is -2.23. The molecule has 0 unspecified atom stereocenters. The number of benzene rings is 2. The molecule has 0 fully saturated rings. The van der Waals surface area contributed by atoms with Crippen LogP contribution < -0.4 is 10.6 Å². The second-order valence-corrected chi connectivity index (χ2v) is 5.43. The molecule has 0 radical (unpaired) electrons. The molecule has 2 aromatic rings. The Kier molecular flexibility index (Phi) is 5.55. The van der Waals surface area contributed by atoms with Gasteiger partial charge < -0.3 is 10.6 Å². The maximum atomic E-state index is 12.3. The lowest BCUT2D eigenvalue weighted by molar-refractivity contribution is 0.0956. The van der Waals surface area contributed by atoms with Gasteiger partial charge in [-0.3, -0.25) is 9.59 Å². The Morgan fingerprint density at radius 3 is 2.30 bits per heavy atom. The average Bonchev–Trinajstić information content (AvgIpc) is 2.56. The van der Waals surface area contributed by atoms with Gasteiger partial charge in [0.25, 0.3) is 11.8 Å². The van der Waals surface area contributed by atoms with Crippen molar-refractivity contribution >= 4 is 29.1 Å². The molecule has 0 aliphatic rings. The minimum absolute atomic E-state index is 0.206. The van der Waals surface area contributed by atoms with Crippen LogP contribution in [0.2, 0.25) is 5.02 Å². The summed E-state index contributed by atoms with van der Waals surface area (Å²) in [6.07, 6.45) is 1.60. The average molecular weight is 329 g/mol. The molecule has 0 atom stereocenters. The number of carbonyl (C=O) groups excluding carboxylic acids is 2. The van der Waals surface area contributed by atoms with Gasteiger partial charge in [-0.2, -0.15) is 0 Å². The van der Waals surface area contributed by atoms with Crippen LogP contribution in [0.15, 0.2) is 55.1 Å². The van der Waals surface area contributed by atoms with Gasteiger partial charge in [0.2, 0.25) is 0 Å². The van der Waals surface area contributed by atoms with Crippen molar-refractivity contribution in [2.24, 2.45) is 0 Å². The summed E-state index contributed by atoms with van der Waals surface area (Å²) >= 11 is 5.94. The maximum absolute atomic E-state index is 12.3. The number of carbonyl (C=O) groups is 2. The predicted molar refractivity (Wildman–Crippen MR) is 93.1 cm³/mol. The molecule has 0 aliphatic heterocycles. The lowest BCUT2D eigenvalue weighted by Gasteiger charge is -2.09. The standard InChI is InChI=1S/C18H17ClN2O2/c1-3-10-20-17(22)13-5-7-14(8-6-13)18(23)21-16-11-15(19)9-4-12(16)2/h3-9,11H,1,10H2,2H3,(H,20,22)(H,21,23). The van der Waals surface area contributed by atoms with E-state index in [-0.39, 0.29) is 11.8 Å². The van der Waals surface area contributed by atoms with Gasteiger partial charge in [-0.05, 0) is 48.9 Å². The van der Waals surface area contributed by atoms with Crippen molar-refractivity contribution in [2.75, 3.05) is 11.9 Å². The van der Waals surface area contributed by atoms with E-state index in [1.807, 2.05) is 13.0 Å². The Morgan fingerprint density at radius 1 is 1.09 bits per heavy atom. The van der Waals surface area contributed by atoms with E-state index in [0.717, 1.165) is 5.56 Å². The fourth-order valence-electron chi connectivity index (χ4n) is 1.96. The van der Waals surface area contributed by atoms with Gasteiger partial charge in [-0.25, -0.2) is 0 Å². The highest BCUT2D eigenvalue weighted by molar-refractivity contribution is 6.31. The summed E-state index contributed by atoms with van der Waals surface area (Å²) in [4.78, 5) is 24.0. The number of amides is 2. The topological polar surface area (TPSA) is 58.2 Å². The Labute approximate surface area is 140 Å². The number of rotatable bonds is 5. The van der Waals surface area contributed by atoms with Crippen LogP contribution in [-0.4, -0.2) is 18.4 Å². The monoisotopic (exact) mass is 328 g/mol. The van der Waals surface area contributed by atoms with E-state index in [0.29, 0.717) is 28.4 Å². The molecule has 5 heteroatoms. The van der Waals surface area contributed by atoms with E-state index >= 15 is 0 Å². The van der Waals surface area contributed by atoms with Crippen LogP contribution in [0.5, 0.6) is 0 Å². The van der Waals surface area contributed by atoms with Crippen LogP contribution in [0.25, 0.3) is 0 Å². The Hall–Kier alpha value is -2.59. The van der Waals surface area contributed by atoms with Gasteiger partial charge in [0, 0.05) is 28.4 Å². The first-order valence-corrected chi connectivity index (χ1v) is 7.45. The van der Waals surface area contributed by atoms with Crippen LogP contribution in [-0.2, 0) is 0 Å². The highest BCUT2D eigenvalue weighted by Gasteiger charge is 2.10. The molecule has 0 saturated carbocycles. The SMILES string of the molecule is C=CCNC(=O)c1ccc(C(=O)Nc2cc(Cl)ccc2C)cc1. The molecule has 23 heavy (non-hydrogen) atoms. The molecule has 118 valence electrons. The summed E-state index contributed by atoms with van der Waals surface area (Å²) < 4.78 is 0. The van der Waals surface area contributed by atoms with Crippen molar-refractivity contribution in [3.63, 3.8) is 0 Å². The zero-order valence-corrected chi connectivity index (χ0v) is 13.5. The number of hydrogen-bond acceptors (Lipinski definition) is 2. The molecule has 2 N–H and O–H groups in total. The van der Waals surface area contributed by atoms with Crippen LogP contribution in [0, 0.1) is 6.92 Å². The van der Waals surface area contributed by atoms with Crippen molar-refractivity contribution in [3.05, 3.63) is 76.8 Å². The van der Waals surface area contributed by atoms with Crippen LogP contribution >= 0.6 is 11.6 Å². The molecule has 0 saturated heterocycles. The summed E-state index contributed by atoms with van der Waals surface area (Å²) in [5.41, 5.74) is 2.53. The van der Waals surface area contributed by atoms with Crippen LogP contribution in [0.1, 0.15) is 26.3 Å². The van der Waals surface area contributed by atoms with Gasteiger partial charge in [0.15, 0.2) is 0 Å². The molecule has 0 bridgehead atoms.